The van der Waals surface area contributed by atoms with Gasteiger partial charge in [-0.15, -0.1) is 0 Å². The average Bonchev–Trinajstić information content (AvgIpc) is 2.96. The smallest absolute Gasteiger partial charge is 0.271 e. The number of aromatic nitrogens is 1. The molecule has 8 nitrogen and oxygen atoms in total. The highest BCUT2D eigenvalue weighted by molar-refractivity contribution is 8.05. The van der Waals surface area contributed by atoms with E-state index in [0.29, 0.717) is 32.0 Å². The summed E-state index contributed by atoms with van der Waals surface area (Å²) in [5.74, 6) is 0. The monoisotopic (exact) mass is 594 g/mol. The van der Waals surface area contributed by atoms with Crippen molar-refractivity contribution in [2.24, 2.45) is 0 Å². The Balaban J connectivity index is 1.17. The van der Waals surface area contributed by atoms with Gasteiger partial charge in [0.15, 0.2) is 0 Å². The van der Waals surface area contributed by atoms with Gasteiger partial charge in [0.05, 0.1) is 31.5 Å². The van der Waals surface area contributed by atoms with Crippen LogP contribution in [0.2, 0.25) is 0 Å². The van der Waals surface area contributed by atoms with E-state index in [9.17, 15) is 4.79 Å². The molecule has 1 unspecified atom stereocenters. The zero-order valence-electron chi connectivity index (χ0n) is 23.8. The number of anilines is 2. The van der Waals surface area contributed by atoms with Crippen molar-refractivity contribution in [2.45, 2.75) is 57.8 Å². The number of fused-ring (bicyclic) bond motifs is 2. The molecule has 2 aromatic carbocycles. The standard InChI is InChI=1S/C31H38N4O4S2/c1-20-15-34(16-21(2)39-20)17-23(19-37-3)33-22-9-10-27-29(14-22)40-28-8-4-6-24(30(28)41-27)26-18-35(12-13-38-26)25-7-5-11-32-31(25)36/h4-11,14,20-21,23,26,33H,12-13,15-19H2,1-3H3,(H,32,36)/t20-,21+,23-,26?/m0/s1. The summed E-state index contributed by atoms with van der Waals surface area (Å²) in [6.07, 6.45) is 2.06. The Morgan fingerprint density at radius 2 is 1.90 bits per heavy atom. The molecule has 0 radical (unpaired) electrons. The highest BCUT2D eigenvalue weighted by Gasteiger charge is 2.29. The van der Waals surface area contributed by atoms with Crippen molar-refractivity contribution in [3.8, 4) is 0 Å². The second-order valence-corrected chi connectivity index (χ2v) is 13.1. The van der Waals surface area contributed by atoms with Gasteiger partial charge in [-0.05, 0) is 55.8 Å². The van der Waals surface area contributed by atoms with Crippen LogP contribution < -0.4 is 15.8 Å². The van der Waals surface area contributed by atoms with Gasteiger partial charge in [0, 0.05) is 71.3 Å². The zero-order chi connectivity index (χ0) is 28.3. The summed E-state index contributed by atoms with van der Waals surface area (Å²) in [4.78, 5) is 24.8. The zero-order valence-corrected chi connectivity index (χ0v) is 25.4. The Hall–Kier alpha value is -2.47. The number of pyridine rings is 1. The van der Waals surface area contributed by atoms with E-state index in [0.717, 1.165) is 25.3 Å². The van der Waals surface area contributed by atoms with E-state index in [2.05, 4.69) is 70.3 Å². The van der Waals surface area contributed by atoms with Crippen LogP contribution in [0.4, 0.5) is 11.4 Å². The molecule has 2 saturated heterocycles. The first-order chi connectivity index (χ1) is 20.0. The SMILES string of the molecule is COC[C@H](CN1C[C@@H](C)O[C@@H](C)C1)Nc1ccc2c(c1)Sc1cccc(C3CN(c4ccc[nH]c4=O)CCO3)c1S2. The van der Waals surface area contributed by atoms with E-state index < -0.39 is 0 Å². The Labute approximate surface area is 250 Å². The molecular formula is C31H38N4O4S2. The molecule has 2 fully saturated rings. The molecule has 0 aliphatic carbocycles. The van der Waals surface area contributed by atoms with Gasteiger partial charge in [0.2, 0.25) is 0 Å². The molecule has 4 atom stereocenters. The lowest BCUT2D eigenvalue weighted by atomic mass is 10.1. The predicted molar refractivity (Wildman–Crippen MR) is 165 cm³/mol. The number of ether oxygens (including phenoxy) is 3. The van der Waals surface area contributed by atoms with Crippen LogP contribution in [0.1, 0.15) is 25.5 Å². The second kappa shape index (κ2) is 12.8. The summed E-state index contributed by atoms with van der Waals surface area (Å²) < 4.78 is 17.8. The van der Waals surface area contributed by atoms with Crippen molar-refractivity contribution in [2.75, 3.05) is 63.3 Å². The van der Waals surface area contributed by atoms with Crippen molar-refractivity contribution < 1.29 is 14.2 Å². The molecule has 218 valence electrons. The van der Waals surface area contributed by atoms with E-state index in [1.807, 2.05) is 35.7 Å². The fourth-order valence-electron chi connectivity index (χ4n) is 6.01. The predicted octanol–water partition coefficient (Wildman–Crippen LogP) is 5.10. The van der Waals surface area contributed by atoms with E-state index in [1.165, 1.54) is 25.1 Å². The maximum Gasteiger partial charge on any atom is 0.271 e. The third kappa shape index (κ3) is 6.63. The molecule has 10 heteroatoms. The third-order valence-corrected chi connectivity index (χ3v) is 10.3. The number of aromatic amines is 1. The number of nitrogens with one attached hydrogen (secondary N) is 2. The molecule has 2 N–H and O–H groups in total. The fourth-order valence-corrected chi connectivity index (χ4v) is 8.46. The Kier molecular flexibility index (Phi) is 8.95. The highest BCUT2D eigenvalue weighted by atomic mass is 32.2. The van der Waals surface area contributed by atoms with E-state index in [4.69, 9.17) is 14.2 Å². The first-order valence-corrected chi connectivity index (χ1v) is 15.9. The number of rotatable bonds is 8. The topological polar surface area (TPSA) is 79.1 Å². The van der Waals surface area contributed by atoms with Gasteiger partial charge in [-0.25, -0.2) is 0 Å². The number of benzene rings is 2. The Morgan fingerprint density at radius 1 is 1.05 bits per heavy atom. The van der Waals surface area contributed by atoms with Crippen LogP contribution in [0.5, 0.6) is 0 Å². The quantitative estimate of drug-likeness (QED) is 0.290. The first kappa shape index (κ1) is 28.6. The summed E-state index contributed by atoms with van der Waals surface area (Å²) in [6, 6.07) is 17.1. The van der Waals surface area contributed by atoms with Gasteiger partial charge in [-0.1, -0.05) is 35.7 Å². The van der Waals surface area contributed by atoms with Gasteiger partial charge in [-0.3, -0.25) is 9.69 Å². The van der Waals surface area contributed by atoms with E-state index >= 15 is 0 Å². The van der Waals surface area contributed by atoms with Crippen LogP contribution in [0, 0.1) is 0 Å². The highest BCUT2D eigenvalue weighted by Crippen LogP contribution is 2.51. The lowest BCUT2D eigenvalue weighted by Gasteiger charge is -2.37. The normalized spacial score (nSPS) is 23.5. The summed E-state index contributed by atoms with van der Waals surface area (Å²) in [5, 5.41) is 3.74. The van der Waals surface area contributed by atoms with E-state index in [1.54, 1.807) is 13.3 Å². The molecule has 3 aromatic rings. The van der Waals surface area contributed by atoms with Crippen molar-refractivity contribution >= 4 is 34.9 Å². The lowest BCUT2D eigenvalue weighted by Crippen LogP contribution is -2.50. The molecule has 3 aliphatic heterocycles. The molecule has 0 bridgehead atoms. The molecular weight excluding hydrogens is 556 g/mol. The molecule has 1 aromatic heterocycles. The van der Waals surface area contributed by atoms with Gasteiger partial charge in [0.1, 0.15) is 11.8 Å². The molecule has 4 heterocycles. The Bertz CT molecular complexity index is 1410. The minimum Gasteiger partial charge on any atom is -0.383 e. The lowest BCUT2D eigenvalue weighted by molar-refractivity contribution is -0.0698. The maximum atomic E-state index is 12.4. The van der Waals surface area contributed by atoms with Crippen LogP contribution in [-0.4, -0.2) is 81.2 Å². The van der Waals surface area contributed by atoms with Crippen LogP contribution in [-0.2, 0) is 14.2 Å². The molecule has 0 spiro atoms. The van der Waals surface area contributed by atoms with Crippen LogP contribution >= 0.6 is 23.5 Å². The summed E-state index contributed by atoms with van der Waals surface area (Å²) in [5.41, 5.74) is 2.92. The second-order valence-electron chi connectivity index (χ2n) is 11.0. The van der Waals surface area contributed by atoms with Crippen LogP contribution in [0.15, 0.2) is 79.1 Å². The molecule has 6 rings (SSSR count). The van der Waals surface area contributed by atoms with Crippen molar-refractivity contribution in [3.05, 3.63) is 70.6 Å². The first-order valence-electron chi connectivity index (χ1n) is 14.3. The summed E-state index contributed by atoms with van der Waals surface area (Å²) >= 11 is 3.62. The van der Waals surface area contributed by atoms with E-state index in [-0.39, 0.29) is 29.9 Å². The van der Waals surface area contributed by atoms with Gasteiger partial charge in [0.25, 0.3) is 5.56 Å². The largest absolute Gasteiger partial charge is 0.383 e. The van der Waals surface area contributed by atoms with Crippen LogP contribution in [0.25, 0.3) is 0 Å². The molecule has 0 saturated carbocycles. The third-order valence-electron chi connectivity index (χ3n) is 7.65. The number of morpholine rings is 2. The number of nitrogens with zero attached hydrogens (tertiary/aromatic N) is 2. The van der Waals surface area contributed by atoms with Gasteiger partial charge in [-0.2, -0.15) is 0 Å². The molecule has 0 amide bonds. The molecule has 3 aliphatic rings. The fraction of sp³-hybridized carbons (Fsp3) is 0.452. The molecule has 41 heavy (non-hydrogen) atoms. The maximum absolute atomic E-state index is 12.4. The van der Waals surface area contributed by atoms with Crippen molar-refractivity contribution in [3.63, 3.8) is 0 Å². The average molecular weight is 595 g/mol. The summed E-state index contributed by atoms with van der Waals surface area (Å²) in [6.45, 7) is 9.63. The minimum atomic E-state index is -0.102. The van der Waals surface area contributed by atoms with Crippen molar-refractivity contribution in [1.29, 1.82) is 0 Å². The number of methoxy groups -OCH3 is 1. The van der Waals surface area contributed by atoms with Crippen LogP contribution in [0.3, 0.4) is 0 Å². The number of hydrogen-bond donors (Lipinski definition) is 2. The Morgan fingerprint density at radius 3 is 2.71 bits per heavy atom. The van der Waals surface area contributed by atoms with Gasteiger partial charge >= 0.3 is 0 Å². The number of hydrogen-bond acceptors (Lipinski definition) is 9. The number of H-pyrrole nitrogens is 1. The van der Waals surface area contributed by atoms with Crippen molar-refractivity contribution in [1.82, 2.24) is 9.88 Å². The van der Waals surface area contributed by atoms with Gasteiger partial charge < -0.3 is 29.4 Å². The summed E-state index contributed by atoms with van der Waals surface area (Å²) in [7, 11) is 1.76. The minimum absolute atomic E-state index is 0.0617.